The van der Waals surface area contributed by atoms with Gasteiger partial charge < -0.3 is 5.11 Å². The number of hydrogen-bond donors (Lipinski definition) is 1. The van der Waals surface area contributed by atoms with Crippen molar-refractivity contribution >= 4 is 0 Å². The summed E-state index contributed by atoms with van der Waals surface area (Å²) < 4.78 is 37.5. The van der Waals surface area contributed by atoms with Gasteiger partial charge in [0, 0.05) is 0 Å². The minimum Gasteiger partial charge on any atom is -0.384 e. The quantitative estimate of drug-likeness (QED) is 0.872. The van der Waals surface area contributed by atoms with E-state index in [2.05, 4.69) is 0 Å². The van der Waals surface area contributed by atoms with Crippen molar-refractivity contribution in [3.8, 4) is 0 Å². The molecule has 0 heterocycles. The number of hydrogen-bond acceptors (Lipinski definition) is 1. The van der Waals surface area contributed by atoms with E-state index in [-0.39, 0.29) is 0 Å². The van der Waals surface area contributed by atoms with Crippen molar-refractivity contribution in [1.82, 2.24) is 0 Å². The minimum absolute atomic E-state index is 0.460. The zero-order valence-corrected chi connectivity index (χ0v) is 11.3. The topological polar surface area (TPSA) is 20.2 Å². The number of alkyl halides is 3. The van der Waals surface area contributed by atoms with Crippen LogP contribution in [0.25, 0.3) is 0 Å². The molecular formula is C17H15F3O. The van der Waals surface area contributed by atoms with Crippen LogP contribution in [0.3, 0.4) is 0 Å². The lowest BCUT2D eigenvalue weighted by Crippen LogP contribution is -2.06. The van der Waals surface area contributed by atoms with Crippen LogP contribution in [-0.4, -0.2) is 5.11 Å². The van der Waals surface area contributed by atoms with Crippen LogP contribution in [0, 0.1) is 0 Å². The summed E-state index contributed by atoms with van der Waals surface area (Å²) in [6, 6.07) is 12.3. The standard InChI is InChI=1S/C17H15F3O/c18-17(19,20)15-9-7-14(8-10-15)16(21)13-5-3-12(4-6-13)11-1-2-11/h3-11,16,21H,1-2H2. The van der Waals surface area contributed by atoms with Crippen LogP contribution in [0.15, 0.2) is 48.5 Å². The van der Waals surface area contributed by atoms with Crippen molar-refractivity contribution in [1.29, 1.82) is 0 Å². The Morgan fingerprint density at radius 1 is 0.857 bits per heavy atom. The molecular weight excluding hydrogens is 277 g/mol. The summed E-state index contributed by atoms with van der Waals surface area (Å²) in [5, 5.41) is 10.2. The first-order chi connectivity index (χ1) is 9.95. The van der Waals surface area contributed by atoms with Crippen molar-refractivity contribution in [2.24, 2.45) is 0 Å². The van der Waals surface area contributed by atoms with E-state index in [9.17, 15) is 18.3 Å². The molecule has 0 saturated heterocycles. The van der Waals surface area contributed by atoms with Crippen LogP contribution < -0.4 is 0 Å². The molecule has 1 aliphatic carbocycles. The fraction of sp³-hybridized carbons (Fsp3) is 0.294. The Hall–Kier alpha value is -1.81. The third-order valence-corrected chi connectivity index (χ3v) is 3.85. The van der Waals surface area contributed by atoms with Gasteiger partial charge in [-0.2, -0.15) is 13.2 Å². The normalized spacial score (nSPS) is 16.8. The van der Waals surface area contributed by atoms with Crippen molar-refractivity contribution in [3.05, 3.63) is 70.8 Å². The second-order valence-corrected chi connectivity index (χ2v) is 5.46. The zero-order valence-electron chi connectivity index (χ0n) is 11.3. The average Bonchev–Trinajstić information content (AvgIpc) is 3.31. The Labute approximate surface area is 121 Å². The van der Waals surface area contributed by atoms with E-state index in [0.717, 1.165) is 12.1 Å². The Kier molecular flexibility index (Phi) is 3.49. The molecule has 1 saturated carbocycles. The van der Waals surface area contributed by atoms with Gasteiger partial charge >= 0.3 is 6.18 Å². The van der Waals surface area contributed by atoms with Gasteiger partial charge in [-0.05, 0) is 47.6 Å². The van der Waals surface area contributed by atoms with Gasteiger partial charge in [-0.25, -0.2) is 0 Å². The van der Waals surface area contributed by atoms with Gasteiger partial charge in [0.05, 0.1) is 5.56 Å². The fourth-order valence-corrected chi connectivity index (χ4v) is 2.41. The van der Waals surface area contributed by atoms with Gasteiger partial charge in [0.15, 0.2) is 0 Å². The lowest BCUT2D eigenvalue weighted by atomic mass is 9.98. The van der Waals surface area contributed by atoms with Gasteiger partial charge in [-0.3, -0.25) is 0 Å². The average molecular weight is 292 g/mol. The van der Waals surface area contributed by atoms with Gasteiger partial charge in [0.1, 0.15) is 6.10 Å². The Morgan fingerprint density at radius 2 is 1.33 bits per heavy atom. The Balaban J connectivity index is 1.79. The van der Waals surface area contributed by atoms with Crippen LogP contribution in [0.1, 0.15) is 47.1 Å². The van der Waals surface area contributed by atoms with Crippen molar-refractivity contribution < 1.29 is 18.3 Å². The minimum atomic E-state index is -4.35. The third kappa shape index (κ3) is 3.10. The Bertz CT molecular complexity index is 610. The van der Waals surface area contributed by atoms with Crippen LogP contribution in [0.4, 0.5) is 13.2 Å². The lowest BCUT2D eigenvalue weighted by molar-refractivity contribution is -0.137. The maximum absolute atomic E-state index is 12.5. The number of halogens is 3. The monoisotopic (exact) mass is 292 g/mol. The molecule has 0 bridgehead atoms. The molecule has 0 aliphatic heterocycles. The summed E-state index contributed by atoms with van der Waals surface area (Å²) in [6.45, 7) is 0. The molecule has 110 valence electrons. The molecule has 1 nitrogen and oxygen atoms in total. The molecule has 1 aliphatic rings. The molecule has 0 aromatic heterocycles. The van der Waals surface area contributed by atoms with Gasteiger partial charge in [0.2, 0.25) is 0 Å². The molecule has 0 radical (unpaired) electrons. The van der Waals surface area contributed by atoms with Crippen molar-refractivity contribution in [2.45, 2.75) is 31.0 Å². The second-order valence-electron chi connectivity index (χ2n) is 5.46. The largest absolute Gasteiger partial charge is 0.416 e. The van der Waals surface area contributed by atoms with Gasteiger partial charge in [-0.15, -0.1) is 0 Å². The number of rotatable bonds is 3. The highest BCUT2D eigenvalue weighted by Crippen LogP contribution is 2.40. The first kappa shape index (κ1) is 14.1. The second kappa shape index (κ2) is 5.19. The predicted octanol–water partition coefficient (Wildman–Crippen LogP) is 4.66. The SMILES string of the molecule is OC(c1ccc(C2CC2)cc1)c1ccc(C(F)(F)F)cc1. The van der Waals surface area contributed by atoms with E-state index in [1.165, 1.54) is 30.5 Å². The summed E-state index contributed by atoms with van der Waals surface area (Å²) in [7, 11) is 0. The maximum atomic E-state index is 12.5. The van der Waals surface area contributed by atoms with Gasteiger partial charge in [-0.1, -0.05) is 36.4 Å². The lowest BCUT2D eigenvalue weighted by Gasteiger charge is -2.13. The third-order valence-electron chi connectivity index (χ3n) is 3.85. The molecule has 1 unspecified atom stereocenters. The fourth-order valence-electron chi connectivity index (χ4n) is 2.41. The van der Waals surface area contributed by atoms with E-state index in [1.807, 2.05) is 24.3 Å². The number of benzene rings is 2. The highest BCUT2D eigenvalue weighted by atomic mass is 19.4. The van der Waals surface area contributed by atoms with Crippen molar-refractivity contribution in [3.63, 3.8) is 0 Å². The molecule has 2 aromatic carbocycles. The summed E-state index contributed by atoms with van der Waals surface area (Å²) in [5.74, 6) is 0.641. The highest BCUT2D eigenvalue weighted by molar-refractivity contribution is 5.35. The van der Waals surface area contributed by atoms with Crippen LogP contribution >= 0.6 is 0 Å². The zero-order chi connectivity index (χ0) is 15.0. The van der Waals surface area contributed by atoms with Gasteiger partial charge in [0.25, 0.3) is 0 Å². The van der Waals surface area contributed by atoms with E-state index >= 15 is 0 Å². The van der Waals surface area contributed by atoms with Crippen LogP contribution in [-0.2, 0) is 6.18 Å². The molecule has 2 aromatic rings. The molecule has 3 rings (SSSR count). The maximum Gasteiger partial charge on any atom is 0.416 e. The predicted molar refractivity (Wildman–Crippen MR) is 73.9 cm³/mol. The summed E-state index contributed by atoms with van der Waals surface area (Å²) in [4.78, 5) is 0. The summed E-state index contributed by atoms with van der Waals surface area (Å²) in [6.07, 6.45) is -2.84. The Morgan fingerprint density at radius 3 is 1.76 bits per heavy atom. The van der Waals surface area contributed by atoms with E-state index < -0.39 is 17.8 Å². The molecule has 4 heteroatoms. The molecule has 21 heavy (non-hydrogen) atoms. The van der Waals surface area contributed by atoms with E-state index in [1.54, 1.807) is 0 Å². The molecule has 1 fully saturated rings. The van der Waals surface area contributed by atoms with Crippen LogP contribution in [0.5, 0.6) is 0 Å². The smallest absolute Gasteiger partial charge is 0.384 e. The highest BCUT2D eigenvalue weighted by Gasteiger charge is 2.30. The number of aliphatic hydroxyl groups excluding tert-OH is 1. The molecule has 1 N–H and O–H groups in total. The number of aliphatic hydroxyl groups is 1. The first-order valence-corrected chi connectivity index (χ1v) is 6.90. The van der Waals surface area contributed by atoms with Crippen LogP contribution in [0.2, 0.25) is 0 Å². The van der Waals surface area contributed by atoms with E-state index in [0.29, 0.717) is 17.0 Å². The molecule has 0 spiro atoms. The summed E-state index contributed by atoms with van der Waals surface area (Å²) >= 11 is 0. The molecule has 1 atom stereocenters. The first-order valence-electron chi connectivity index (χ1n) is 6.90. The van der Waals surface area contributed by atoms with E-state index in [4.69, 9.17) is 0 Å². The summed E-state index contributed by atoms with van der Waals surface area (Å²) in [5.41, 5.74) is 1.71. The molecule has 0 amide bonds. The van der Waals surface area contributed by atoms with Crippen molar-refractivity contribution in [2.75, 3.05) is 0 Å².